The van der Waals surface area contributed by atoms with E-state index in [1.54, 1.807) is 6.07 Å². The van der Waals surface area contributed by atoms with Crippen LogP contribution in [0.25, 0.3) is 0 Å². The highest BCUT2D eigenvalue weighted by molar-refractivity contribution is 14.0. The summed E-state index contributed by atoms with van der Waals surface area (Å²) >= 11 is 0. The van der Waals surface area contributed by atoms with E-state index in [4.69, 9.17) is 4.74 Å². The molecule has 0 spiro atoms. The van der Waals surface area contributed by atoms with E-state index in [2.05, 4.69) is 34.7 Å². The number of nitrogens with one attached hydrogen (secondary N) is 2. The third kappa shape index (κ3) is 6.74. The lowest BCUT2D eigenvalue weighted by molar-refractivity contribution is 0.318. The first-order valence-corrected chi connectivity index (χ1v) is 8.68. The number of ether oxygens (including phenoxy) is 1. The van der Waals surface area contributed by atoms with Crippen LogP contribution in [0.1, 0.15) is 37.9 Å². The van der Waals surface area contributed by atoms with Crippen LogP contribution < -0.4 is 15.4 Å². The first kappa shape index (κ1) is 22.1. The molecule has 0 bridgehead atoms. The molecule has 1 atom stereocenters. The Hall–Kier alpha value is -1.96. The lowest BCUT2D eigenvalue weighted by Crippen LogP contribution is -2.38. The van der Waals surface area contributed by atoms with Gasteiger partial charge < -0.3 is 20.5 Å². The van der Waals surface area contributed by atoms with Gasteiger partial charge in [-0.2, -0.15) is 0 Å². The SMILES string of the molecule is CCNC(=NCc1ccc(O)c(OCC)c1)NC(C)c1ccccc1.I. The fraction of sp³-hybridized carbons (Fsp3) is 0.350. The maximum Gasteiger partial charge on any atom is 0.192 e. The maximum atomic E-state index is 9.79. The summed E-state index contributed by atoms with van der Waals surface area (Å²) in [5.74, 6) is 1.40. The summed E-state index contributed by atoms with van der Waals surface area (Å²) < 4.78 is 5.42. The Bertz CT molecular complexity index is 693. The van der Waals surface area contributed by atoms with Crippen LogP contribution in [-0.2, 0) is 6.54 Å². The molecule has 0 saturated heterocycles. The smallest absolute Gasteiger partial charge is 0.192 e. The molecule has 5 nitrogen and oxygen atoms in total. The summed E-state index contributed by atoms with van der Waals surface area (Å²) in [5, 5.41) is 16.5. The van der Waals surface area contributed by atoms with E-state index >= 15 is 0 Å². The normalized spacial score (nSPS) is 12.0. The van der Waals surface area contributed by atoms with Crippen molar-refractivity contribution >= 4 is 29.9 Å². The number of guanidine groups is 1. The molecule has 2 aromatic carbocycles. The molecule has 0 fully saturated rings. The lowest BCUT2D eigenvalue weighted by Gasteiger charge is -2.18. The topological polar surface area (TPSA) is 65.9 Å². The van der Waals surface area contributed by atoms with Gasteiger partial charge in [0, 0.05) is 6.54 Å². The molecule has 2 aromatic rings. The molecule has 0 heterocycles. The van der Waals surface area contributed by atoms with Crippen LogP contribution in [-0.4, -0.2) is 24.2 Å². The molecule has 3 N–H and O–H groups in total. The minimum atomic E-state index is 0. The second-order valence-corrected chi connectivity index (χ2v) is 5.71. The van der Waals surface area contributed by atoms with Crippen LogP contribution in [0, 0.1) is 0 Å². The van der Waals surface area contributed by atoms with Gasteiger partial charge in [-0.05, 0) is 44.0 Å². The predicted octanol–water partition coefficient (Wildman–Crippen LogP) is 4.23. The van der Waals surface area contributed by atoms with Crippen molar-refractivity contribution in [1.82, 2.24) is 10.6 Å². The molecule has 0 aliphatic heterocycles. The van der Waals surface area contributed by atoms with Gasteiger partial charge in [0.15, 0.2) is 17.5 Å². The number of phenolic OH excluding ortho intramolecular Hbond substituents is 1. The molecule has 0 aromatic heterocycles. The minimum Gasteiger partial charge on any atom is -0.504 e. The second kappa shape index (κ2) is 11.6. The third-order valence-corrected chi connectivity index (χ3v) is 3.74. The predicted molar refractivity (Wildman–Crippen MR) is 117 cm³/mol. The van der Waals surface area contributed by atoms with Crippen LogP contribution in [0.4, 0.5) is 0 Å². The number of halogens is 1. The fourth-order valence-electron chi connectivity index (χ4n) is 2.45. The maximum absolute atomic E-state index is 9.79. The van der Waals surface area contributed by atoms with Crippen molar-refractivity contribution < 1.29 is 9.84 Å². The van der Waals surface area contributed by atoms with Gasteiger partial charge in [-0.1, -0.05) is 36.4 Å². The van der Waals surface area contributed by atoms with E-state index < -0.39 is 0 Å². The zero-order valence-electron chi connectivity index (χ0n) is 15.5. The molecule has 0 aliphatic rings. The average molecular weight is 469 g/mol. The van der Waals surface area contributed by atoms with E-state index in [0.29, 0.717) is 18.9 Å². The molecule has 0 aliphatic carbocycles. The van der Waals surface area contributed by atoms with Crippen molar-refractivity contribution in [3.05, 3.63) is 59.7 Å². The van der Waals surface area contributed by atoms with E-state index in [-0.39, 0.29) is 35.8 Å². The summed E-state index contributed by atoms with van der Waals surface area (Å²) in [6.07, 6.45) is 0. The number of nitrogens with zero attached hydrogens (tertiary/aromatic N) is 1. The monoisotopic (exact) mass is 469 g/mol. The van der Waals surface area contributed by atoms with E-state index in [9.17, 15) is 5.11 Å². The Balaban J connectivity index is 0.00000338. The van der Waals surface area contributed by atoms with E-state index in [1.165, 1.54) is 5.56 Å². The average Bonchev–Trinajstić information content (AvgIpc) is 2.63. The van der Waals surface area contributed by atoms with Crippen LogP contribution >= 0.6 is 24.0 Å². The molecule has 1 unspecified atom stereocenters. The number of aliphatic imine (C=N–C) groups is 1. The first-order valence-electron chi connectivity index (χ1n) is 8.68. The molecule has 6 heteroatoms. The molecule has 0 radical (unpaired) electrons. The molecule has 2 rings (SSSR count). The van der Waals surface area contributed by atoms with Crippen LogP contribution in [0.3, 0.4) is 0 Å². The van der Waals surface area contributed by atoms with Crippen molar-refractivity contribution in [2.24, 2.45) is 4.99 Å². The summed E-state index contributed by atoms with van der Waals surface area (Å²) in [7, 11) is 0. The molecule has 0 saturated carbocycles. The van der Waals surface area contributed by atoms with Gasteiger partial charge in [0.2, 0.25) is 0 Å². The zero-order chi connectivity index (χ0) is 18.1. The van der Waals surface area contributed by atoms with Crippen LogP contribution in [0.5, 0.6) is 11.5 Å². The summed E-state index contributed by atoms with van der Waals surface area (Å²) in [6, 6.07) is 15.7. The Morgan fingerprint density at radius 2 is 1.88 bits per heavy atom. The number of hydrogen-bond acceptors (Lipinski definition) is 3. The fourth-order valence-corrected chi connectivity index (χ4v) is 2.45. The number of hydrogen-bond donors (Lipinski definition) is 3. The van der Waals surface area contributed by atoms with Crippen molar-refractivity contribution in [2.75, 3.05) is 13.2 Å². The van der Waals surface area contributed by atoms with Crippen LogP contribution in [0.2, 0.25) is 0 Å². The highest BCUT2D eigenvalue weighted by atomic mass is 127. The Morgan fingerprint density at radius 1 is 1.15 bits per heavy atom. The zero-order valence-corrected chi connectivity index (χ0v) is 17.9. The summed E-state index contributed by atoms with van der Waals surface area (Å²) in [6.45, 7) is 7.83. The van der Waals surface area contributed by atoms with Crippen molar-refractivity contribution in [1.29, 1.82) is 0 Å². The molecular weight excluding hydrogens is 441 g/mol. The van der Waals surface area contributed by atoms with Gasteiger partial charge in [0.05, 0.1) is 19.2 Å². The van der Waals surface area contributed by atoms with Gasteiger partial charge in [0.25, 0.3) is 0 Å². The highest BCUT2D eigenvalue weighted by Gasteiger charge is 2.08. The van der Waals surface area contributed by atoms with Gasteiger partial charge in [-0.25, -0.2) is 4.99 Å². The van der Waals surface area contributed by atoms with E-state index in [1.807, 2.05) is 44.2 Å². The van der Waals surface area contributed by atoms with Crippen molar-refractivity contribution in [3.63, 3.8) is 0 Å². The van der Waals surface area contributed by atoms with Crippen molar-refractivity contribution in [3.8, 4) is 11.5 Å². The van der Waals surface area contributed by atoms with E-state index in [0.717, 1.165) is 18.1 Å². The molecular formula is C20H28IN3O2. The number of aromatic hydroxyl groups is 1. The Kier molecular flexibility index (Phi) is 9.87. The quantitative estimate of drug-likeness (QED) is 0.323. The molecule has 142 valence electrons. The first-order chi connectivity index (χ1) is 12.1. The minimum absolute atomic E-state index is 0. The van der Waals surface area contributed by atoms with Crippen molar-refractivity contribution in [2.45, 2.75) is 33.4 Å². The highest BCUT2D eigenvalue weighted by Crippen LogP contribution is 2.27. The van der Waals surface area contributed by atoms with Gasteiger partial charge in [-0.15, -0.1) is 24.0 Å². The second-order valence-electron chi connectivity index (χ2n) is 5.71. The third-order valence-electron chi connectivity index (χ3n) is 3.74. The number of rotatable bonds is 7. The van der Waals surface area contributed by atoms with Gasteiger partial charge >= 0.3 is 0 Å². The lowest BCUT2D eigenvalue weighted by atomic mass is 10.1. The molecule has 0 amide bonds. The standard InChI is InChI=1S/C20H27N3O2.HI/c1-4-21-20(23-15(3)17-9-7-6-8-10-17)22-14-16-11-12-18(24)19(13-16)25-5-2;/h6-13,15,24H,4-5,14H2,1-3H3,(H2,21,22,23);1H. The Labute approximate surface area is 172 Å². The Morgan fingerprint density at radius 3 is 2.54 bits per heavy atom. The number of phenols is 1. The van der Waals surface area contributed by atoms with Crippen LogP contribution in [0.15, 0.2) is 53.5 Å². The van der Waals surface area contributed by atoms with Gasteiger partial charge in [-0.3, -0.25) is 0 Å². The molecule has 26 heavy (non-hydrogen) atoms. The summed E-state index contributed by atoms with van der Waals surface area (Å²) in [5.41, 5.74) is 2.18. The number of benzene rings is 2. The van der Waals surface area contributed by atoms with Gasteiger partial charge in [0.1, 0.15) is 0 Å². The summed E-state index contributed by atoms with van der Waals surface area (Å²) in [4.78, 5) is 4.64. The largest absolute Gasteiger partial charge is 0.504 e.